The van der Waals surface area contributed by atoms with Crippen molar-refractivity contribution >= 4 is 11.8 Å². The number of benzene rings is 3. The van der Waals surface area contributed by atoms with Gasteiger partial charge in [-0.3, -0.25) is 4.99 Å². The fourth-order valence-corrected chi connectivity index (χ4v) is 5.45. The second-order valence-electron chi connectivity index (χ2n) is 16.0. The van der Waals surface area contributed by atoms with Gasteiger partial charge in [-0.2, -0.15) is 0 Å². The highest BCUT2D eigenvalue weighted by Crippen LogP contribution is 2.36. The van der Waals surface area contributed by atoms with Crippen molar-refractivity contribution in [2.45, 2.75) is 122 Å². The molecule has 1 heteroatoms. The minimum atomic E-state index is 0. The fourth-order valence-electron chi connectivity index (χ4n) is 5.45. The van der Waals surface area contributed by atoms with Gasteiger partial charge in [0.2, 0.25) is 0 Å². The van der Waals surface area contributed by atoms with E-state index in [-0.39, 0.29) is 7.43 Å². The normalized spacial score (nSPS) is 13.2. The molecule has 0 spiro atoms. The summed E-state index contributed by atoms with van der Waals surface area (Å²) in [6.45, 7) is 24.7. The maximum absolute atomic E-state index is 4.26. The van der Waals surface area contributed by atoms with Crippen molar-refractivity contribution in [2.75, 3.05) is 0 Å². The average molecular weight is 622 g/mol. The Labute approximate surface area is 285 Å². The molecule has 2 aliphatic rings. The van der Waals surface area contributed by atoms with Crippen LogP contribution in [-0.4, -0.2) is 6.21 Å². The van der Waals surface area contributed by atoms with Crippen LogP contribution < -0.4 is 0 Å². The van der Waals surface area contributed by atoms with Crippen LogP contribution in [-0.2, 0) is 19.3 Å². The van der Waals surface area contributed by atoms with Gasteiger partial charge in [-0.1, -0.05) is 173 Å². The molecular weight excluding hydrogens is 555 g/mol. The molecule has 0 bridgehead atoms. The molecule has 1 heterocycles. The first-order valence-electron chi connectivity index (χ1n) is 17.2. The van der Waals surface area contributed by atoms with E-state index in [1.165, 1.54) is 58.3 Å². The zero-order valence-corrected chi connectivity index (χ0v) is 30.6. The van der Waals surface area contributed by atoms with E-state index in [2.05, 4.69) is 172 Å². The van der Waals surface area contributed by atoms with Gasteiger partial charge in [0.25, 0.3) is 0 Å². The Morgan fingerprint density at radius 2 is 1.15 bits per heavy atom. The molecule has 1 nitrogen and oxygen atoms in total. The minimum absolute atomic E-state index is 0. The molecule has 1 aliphatic heterocycles. The van der Waals surface area contributed by atoms with Crippen LogP contribution in [0.5, 0.6) is 0 Å². The molecule has 0 fully saturated rings. The standard InChI is InChI=1S/C14H18.C11H16.C10H14.C9H15N.CH4/c1-14(2,3)10-12-9-8-11-6-4-5-7-13(11)12;1-9(2)8-11-6-4-10(3)5-7-11;1-9(2)8-10-6-4-3-5-7-10;1-9(2,3)7-8-5-4-6-10-8;/h4-7,9H,8,10H2,1-3H3;4-7,9H,8H2,1-3H3;3-7,9H,8H2,1-2H3;5-6H,4,7H2,1-3H3;1H4. The number of allylic oxidation sites excluding steroid dienone is 4. The van der Waals surface area contributed by atoms with Gasteiger partial charge in [-0.05, 0) is 89.5 Å². The summed E-state index contributed by atoms with van der Waals surface area (Å²) in [6, 6.07) is 28.2. The molecule has 0 atom stereocenters. The molecule has 0 unspecified atom stereocenters. The lowest BCUT2D eigenvalue weighted by Gasteiger charge is -2.19. The number of aliphatic imine (C=N–C) groups is 1. The molecule has 252 valence electrons. The second kappa shape index (κ2) is 20.1. The van der Waals surface area contributed by atoms with Crippen LogP contribution in [0.2, 0.25) is 0 Å². The zero-order chi connectivity index (χ0) is 33.5. The molecule has 0 saturated heterocycles. The lowest BCUT2D eigenvalue weighted by atomic mass is 9.86. The third-order valence-electron chi connectivity index (χ3n) is 7.33. The smallest absolute Gasteiger partial charge is 0.0368 e. The van der Waals surface area contributed by atoms with Gasteiger partial charge in [-0.25, -0.2) is 0 Å². The topological polar surface area (TPSA) is 12.4 Å². The van der Waals surface area contributed by atoms with Crippen molar-refractivity contribution in [1.29, 1.82) is 0 Å². The Balaban J connectivity index is 0.000000308. The maximum atomic E-state index is 4.26. The SMILES string of the molecule is C.CC(C)(C)CC1=CCC=N1.CC(C)(C)CC1=CCc2ccccc21.CC(C)Cc1ccccc1.Cc1ccc(CC(C)C)cc1. The summed E-state index contributed by atoms with van der Waals surface area (Å²) in [5.74, 6) is 1.53. The van der Waals surface area contributed by atoms with E-state index in [1.807, 2.05) is 6.21 Å². The second-order valence-corrected chi connectivity index (χ2v) is 16.0. The van der Waals surface area contributed by atoms with Crippen LogP contribution in [0.3, 0.4) is 0 Å². The van der Waals surface area contributed by atoms with Gasteiger partial charge < -0.3 is 0 Å². The van der Waals surface area contributed by atoms with Gasteiger partial charge in [0.05, 0.1) is 0 Å². The third kappa shape index (κ3) is 18.1. The number of aryl methyl sites for hydroxylation is 1. The summed E-state index contributed by atoms with van der Waals surface area (Å²) in [7, 11) is 0. The van der Waals surface area contributed by atoms with E-state index in [1.54, 1.807) is 0 Å². The average Bonchev–Trinajstić information content (AvgIpc) is 3.59. The van der Waals surface area contributed by atoms with E-state index in [0.717, 1.165) is 31.1 Å². The van der Waals surface area contributed by atoms with E-state index >= 15 is 0 Å². The van der Waals surface area contributed by atoms with Crippen molar-refractivity contribution < 1.29 is 0 Å². The number of nitrogens with zero attached hydrogens (tertiary/aromatic N) is 1. The summed E-state index contributed by atoms with van der Waals surface area (Å²) >= 11 is 0. The van der Waals surface area contributed by atoms with Crippen molar-refractivity contribution in [3.8, 4) is 0 Å². The monoisotopic (exact) mass is 622 g/mol. The number of rotatable bonds is 6. The minimum Gasteiger partial charge on any atom is -0.266 e. The summed E-state index contributed by atoms with van der Waals surface area (Å²) in [6.07, 6.45) is 13.4. The van der Waals surface area contributed by atoms with Crippen LogP contribution in [0.4, 0.5) is 0 Å². The molecule has 3 aromatic rings. The highest BCUT2D eigenvalue weighted by atomic mass is 14.7. The lowest BCUT2D eigenvalue weighted by molar-refractivity contribution is 0.408. The Hall–Kier alpha value is -3.19. The van der Waals surface area contributed by atoms with Crippen molar-refractivity contribution in [3.63, 3.8) is 0 Å². The zero-order valence-electron chi connectivity index (χ0n) is 30.6. The molecule has 0 amide bonds. The molecule has 46 heavy (non-hydrogen) atoms. The molecule has 5 rings (SSSR count). The fraction of sp³-hybridized carbons (Fsp3) is 0.489. The van der Waals surface area contributed by atoms with Crippen LogP contribution in [0.25, 0.3) is 5.57 Å². The molecule has 1 aliphatic carbocycles. The Bertz CT molecular complexity index is 1340. The summed E-state index contributed by atoms with van der Waals surface area (Å²) in [5.41, 5.74) is 10.8. The number of hydrogen-bond donors (Lipinski definition) is 0. The van der Waals surface area contributed by atoms with Gasteiger partial charge in [0.1, 0.15) is 0 Å². The Kier molecular flexibility index (Phi) is 17.9. The van der Waals surface area contributed by atoms with Crippen LogP contribution >= 0.6 is 0 Å². The van der Waals surface area contributed by atoms with Crippen molar-refractivity contribution in [2.24, 2.45) is 27.7 Å². The molecule has 0 aromatic heterocycles. The van der Waals surface area contributed by atoms with E-state index in [0.29, 0.717) is 10.8 Å². The quantitative estimate of drug-likeness (QED) is 0.260. The van der Waals surface area contributed by atoms with Crippen molar-refractivity contribution in [3.05, 3.63) is 125 Å². The largest absolute Gasteiger partial charge is 0.266 e. The summed E-state index contributed by atoms with van der Waals surface area (Å²) < 4.78 is 0. The predicted octanol–water partition coefficient (Wildman–Crippen LogP) is 13.6. The van der Waals surface area contributed by atoms with Crippen LogP contribution in [0.15, 0.2) is 102 Å². The first-order valence-corrected chi connectivity index (χ1v) is 17.2. The van der Waals surface area contributed by atoms with Gasteiger partial charge in [-0.15, -0.1) is 0 Å². The van der Waals surface area contributed by atoms with Gasteiger partial charge in [0, 0.05) is 18.3 Å². The number of hydrogen-bond acceptors (Lipinski definition) is 1. The predicted molar refractivity (Wildman–Crippen MR) is 209 cm³/mol. The first kappa shape index (κ1) is 40.8. The number of fused-ring (bicyclic) bond motifs is 1. The highest BCUT2D eigenvalue weighted by Gasteiger charge is 2.19. The van der Waals surface area contributed by atoms with E-state index in [4.69, 9.17) is 0 Å². The van der Waals surface area contributed by atoms with Crippen LogP contribution in [0.1, 0.15) is 124 Å². The van der Waals surface area contributed by atoms with Crippen molar-refractivity contribution in [1.82, 2.24) is 0 Å². The van der Waals surface area contributed by atoms with Gasteiger partial charge >= 0.3 is 0 Å². The summed E-state index contributed by atoms with van der Waals surface area (Å²) in [4.78, 5) is 4.26. The third-order valence-corrected chi connectivity index (χ3v) is 7.33. The lowest BCUT2D eigenvalue weighted by Crippen LogP contribution is -2.05. The maximum Gasteiger partial charge on any atom is 0.0368 e. The molecule has 3 aromatic carbocycles. The Morgan fingerprint density at radius 1 is 0.630 bits per heavy atom. The highest BCUT2D eigenvalue weighted by molar-refractivity contribution is 5.73. The molecular formula is C45H67N. The molecule has 0 radical (unpaired) electrons. The van der Waals surface area contributed by atoms with Gasteiger partial charge in [0.15, 0.2) is 0 Å². The van der Waals surface area contributed by atoms with E-state index < -0.39 is 0 Å². The summed E-state index contributed by atoms with van der Waals surface area (Å²) in [5, 5.41) is 0. The van der Waals surface area contributed by atoms with Crippen LogP contribution in [0, 0.1) is 29.6 Å². The first-order chi connectivity index (χ1) is 21.1. The molecule has 0 saturated carbocycles. The van der Waals surface area contributed by atoms with E-state index in [9.17, 15) is 0 Å². The molecule has 0 N–H and O–H groups in total. The Morgan fingerprint density at radius 3 is 1.65 bits per heavy atom.